The van der Waals surface area contributed by atoms with Crippen molar-refractivity contribution < 1.29 is 4.39 Å². The SMILES string of the molecule is CN(C)Sc1cccc(-c2c(Cl)n(C/C(F)=C/CN)c3cccnc23)c1. The van der Waals surface area contributed by atoms with Gasteiger partial charge in [0.05, 0.1) is 17.6 Å². The third kappa shape index (κ3) is 3.94. The van der Waals surface area contributed by atoms with Gasteiger partial charge in [-0.05, 0) is 61.9 Å². The van der Waals surface area contributed by atoms with Crippen LogP contribution in [0.5, 0.6) is 0 Å². The second kappa shape index (κ2) is 8.22. The number of allylic oxidation sites excluding steroid dienone is 1. The summed E-state index contributed by atoms with van der Waals surface area (Å²) in [4.78, 5) is 5.59. The first kappa shape index (κ1) is 18.9. The maximum Gasteiger partial charge on any atom is 0.119 e. The monoisotopic (exact) mass is 390 g/mol. The first-order valence-corrected chi connectivity index (χ1v) is 9.29. The highest BCUT2D eigenvalue weighted by atomic mass is 35.5. The average molecular weight is 391 g/mol. The summed E-state index contributed by atoms with van der Waals surface area (Å²) in [5.74, 6) is -0.321. The predicted octanol–water partition coefficient (Wildman–Crippen LogP) is 4.74. The van der Waals surface area contributed by atoms with Gasteiger partial charge < -0.3 is 10.3 Å². The molecule has 4 nitrogen and oxygen atoms in total. The molecule has 0 atom stereocenters. The van der Waals surface area contributed by atoms with E-state index in [9.17, 15) is 4.39 Å². The molecule has 0 fully saturated rings. The summed E-state index contributed by atoms with van der Waals surface area (Å²) in [5, 5.41) is 0.464. The number of hydrogen-bond donors (Lipinski definition) is 1. The van der Waals surface area contributed by atoms with E-state index in [0.29, 0.717) is 5.15 Å². The summed E-state index contributed by atoms with van der Waals surface area (Å²) < 4.78 is 17.8. The quantitative estimate of drug-likeness (QED) is 0.617. The number of rotatable bonds is 6. The van der Waals surface area contributed by atoms with Gasteiger partial charge in [-0.25, -0.2) is 4.39 Å². The van der Waals surface area contributed by atoms with E-state index in [1.165, 1.54) is 6.08 Å². The third-order valence-electron chi connectivity index (χ3n) is 3.82. The number of fused-ring (bicyclic) bond motifs is 1. The second-order valence-electron chi connectivity index (χ2n) is 5.94. The highest BCUT2D eigenvalue weighted by Crippen LogP contribution is 2.38. The van der Waals surface area contributed by atoms with Gasteiger partial charge in [-0.2, -0.15) is 0 Å². The lowest BCUT2D eigenvalue weighted by atomic mass is 10.1. The van der Waals surface area contributed by atoms with E-state index >= 15 is 0 Å². The van der Waals surface area contributed by atoms with E-state index in [1.807, 2.05) is 48.7 Å². The maximum atomic E-state index is 14.1. The fourth-order valence-electron chi connectivity index (χ4n) is 2.82. The van der Waals surface area contributed by atoms with E-state index in [1.54, 1.807) is 22.7 Å². The van der Waals surface area contributed by atoms with Crippen LogP contribution in [0.4, 0.5) is 4.39 Å². The topological polar surface area (TPSA) is 47.1 Å². The number of aromatic nitrogens is 2. The van der Waals surface area contributed by atoms with Crippen LogP contribution >= 0.6 is 23.5 Å². The Morgan fingerprint density at radius 1 is 1.35 bits per heavy atom. The first-order valence-electron chi connectivity index (χ1n) is 8.14. The number of benzene rings is 1. The summed E-state index contributed by atoms with van der Waals surface area (Å²) >= 11 is 8.29. The molecular formula is C19H20ClFN4S. The van der Waals surface area contributed by atoms with Crippen molar-refractivity contribution in [1.29, 1.82) is 0 Å². The molecule has 0 spiro atoms. The fraction of sp³-hybridized carbons (Fsp3) is 0.211. The smallest absolute Gasteiger partial charge is 0.119 e. The molecule has 0 amide bonds. The van der Waals surface area contributed by atoms with E-state index in [4.69, 9.17) is 17.3 Å². The van der Waals surface area contributed by atoms with Gasteiger partial charge in [0.2, 0.25) is 0 Å². The molecule has 136 valence electrons. The van der Waals surface area contributed by atoms with Crippen molar-refractivity contribution in [3.8, 4) is 11.1 Å². The average Bonchev–Trinajstić information content (AvgIpc) is 2.87. The predicted molar refractivity (Wildman–Crippen MR) is 108 cm³/mol. The number of nitrogens with two attached hydrogens (primary N) is 1. The van der Waals surface area contributed by atoms with Crippen molar-refractivity contribution in [2.75, 3.05) is 20.6 Å². The van der Waals surface area contributed by atoms with Crippen molar-refractivity contribution in [1.82, 2.24) is 13.9 Å². The van der Waals surface area contributed by atoms with Gasteiger partial charge >= 0.3 is 0 Å². The number of halogens is 2. The van der Waals surface area contributed by atoms with Crippen molar-refractivity contribution in [2.24, 2.45) is 5.73 Å². The van der Waals surface area contributed by atoms with Gasteiger partial charge in [0.15, 0.2) is 0 Å². The van der Waals surface area contributed by atoms with E-state index in [2.05, 4.69) is 11.1 Å². The van der Waals surface area contributed by atoms with E-state index in [0.717, 1.165) is 27.1 Å². The lowest BCUT2D eigenvalue weighted by Crippen LogP contribution is -2.01. The Labute approximate surface area is 161 Å². The Balaban J connectivity index is 2.15. The molecule has 0 unspecified atom stereocenters. The molecule has 0 saturated carbocycles. The highest BCUT2D eigenvalue weighted by molar-refractivity contribution is 7.97. The maximum absolute atomic E-state index is 14.1. The van der Waals surface area contributed by atoms with Crippen LogP contribution in [0.1, 0.15) is 0 Å². The summed E-state index contributed by atoms with van der Waals surface area (Å²) in [7, 11) is 3.98. The van der Waals surface area contributed by atoms with Crippen LogP contribution in [0.25, 0.3) is 22.2 Å². The molecule has 2 heterocycles. The molecule has 2 N–H and O–H groups in total. The summed E-state index contributed by atoms with van der Waals surface area (Å²) in [6.45, 7) is 0.182. The van der Waals surface area contributed by atoms with E-state index in [-0.39, 0.29) is 18.9 Å². The molecule has 0 bridgehead atoms. The Kier molecular flexibility index (Phi) is 5.98. The van der Waals surface area contributed by atoms with Gasteiger partial charge in [-0.1, -0.05) is 23.7 Å². The second-order valence-corrected chi connectivity index (χ2v) is 7.68. The van der Waals surface area contributed by atoms with Crippen LogP contribution in [0.3, 0.4) is 0 Å². The molecule has 0 aliphatic rings. The van der Waals surface area contributed by atoms with Gasteiger partial charge in [-0.15, -0.1) is 0 Å². The molecule has 7 heteroatoms. The number of hydrogen-bond acceptors (Lipinski definition) is 4. The fourth-order valence-corrected chi connectivity index (χ4v) is 3.91. The Morgan fingerprint density at radius 2 is 2.15 bits per heavy atom. The van der Waals surface area contributed by atoms with Crippen LogP contribution in [-0.4, -0.2) is 34.5 Å². The Bertz CT molecular complexity index is 952. The molecule has 3 aromatic rings. The van der Waals surface area contributed by atoms with Crippen LogP contribution in [0.2, 0.25) is 5.15 Å². The molecule has 26 heavy (non-hydrogen) atoms. The largest absolute Gasteiger partial charge is 0.327 e. The molecule has 0 aliphatic carbocycles. The molecule has 3 rings (SSSR count). The van der Waals surface area contributed by atoms with Crippen LogP contribution < -0.4 is 5.73 Å². The minimum atomic E-state index is -0.321. The van der Waals surface area contributed by atoms with Crippen LogP contribution in [0, 0.1) is 0 Å². The summed E-state index contributed by atoms with van der Waals surface area (Å²) in [5.41, 5.74) is 8.71. The molecular weight excluding hydrogens is 371 g/mol. The van der Waals surface area contributed by atoms with Gasteiger partial charge in [0, 0.05) is 23.2 Å². The van der Waals surface area contributed by atoms with E-state index < -0.39 is 0 Å². The molecule has 0 aliphatic heterocycles. The molecule has 2 aromatic heterocycles. The van der Waals surface area contributed by atoms with Gasteiger partial charge in [0.25, 0.3) is 0 Å². The lowest BCUT2D eigenvalue weighted by Gasteiger charge is -2.10. The minimum absolute atomic E-state index is 0.0321. The van der Waals surface area contributed by atoms with Crippen molar-refractivity contribution in [3.05, 3.63) is 59.7 Å². The molecule has 0 radical (unpaired) electrons. The molecule has 1 aromatic carbocycles. The zero-order valence-electron chi connectivity index (χ0n) is 14.6. The first-order chi connectivity index (χ1) is 12.5. The Morgan fingerprint density at radius 3 is 2.88 bits per heavy atom. The minimum Gasteiger partial charge on any atom is -0.327 e. The van der Waals surface area contributed by atoms with Gasteiger partial charge in [0.1, 0.15) is 11.0 Å². The molecule has 0 saturated heterocycles. The Hall–Kier alpha value is -1.86. The van der Waals surface area contributed by atoms with Crippen molar-refractivity contribution in [2.45, 2.75) is 11.4 Å². The van der Waals surface area contributed by atoms with Crippen molar-refractivity contribution >= 4 is 34.6 Å². The van der Waals surface area contributed by atoms with Crippen LogP contribution in [0.15, 0.2) is 59.4 Å². The third-order valence-corrected chi connectivity index (χ3v) is 5.04. The standard InChI is InChI=1S/C19H20ClFN4S/c1-24(2)26-15-6-3-5-13(11-15)17-18-16(7-4-10-23-18)25(19(17)20)12-14(21)8-9-22/h3-8,10-11H,9,12,22H2,1-2H3/b14-8-. The number of pyridine rings is 1. The summed E-state index contributed by atoms with van der Waals surface area (Å²) in [6, 6.07) is 11.8. The summed E-state index contributed by atoms with van der Waals surface area (Å²) in [6.07, 6.45) is 3.07. The zero-order chi connectivity index (χ0) is 18.7. The lowest BCUT2D eigenvalue weighted by molar-refractivity contribution is 0.560. The normalized spacial score (nSPS) is 12.3. The number of nitrogens with zero attached hydrogens (tertiary/aromatic N) is 3. The zero-order valence-corrected chi connectivity index (χ0v) is 16.2. The van der Waals surface area contributed by atoms with Crippen molar-refractivity contribution in [3.63, 3.8) is 0 Å². The van der Waals surface area contributed by atoms with Crippen LogP contribution in [-0.2, 0) is 6.54 Å². The van der Waals surface area contributed by atoms with Gasteiger partial charge in [-0.3, -0.25) is 9.29 Å². The highest BCUT2D eigenvalue weighted by Gasteiger charge is 2.19.